The molecule has 0 atom stereocenters. The molecule has 140 valence electrons. The number of piperidine rings is 1. The molecule has 7 heteroatoms. The second kappa shape index (κ2) is 8.31. The zero-order valence-electron chi connectivity index (χ0n) is 14.9. The summed E-state index contributed by atoms with van der Waals surface area (Å²) in [6.07, 6.45) is 5.97. The van der Waals surface area contributed by atoms with Gasteiger partial charge in [0.05, 0.1) is 5.56 Å². The molecule has 2 aromatic rings. The Bertz CT molecular complexity index is 701. The van der Waals surface area contributed by atoms with Crippen LogP contribution in [-0.4, -0.2) is 47.3 Å². The summed E-state index contributed by atoms with van der Waals surface area (Å²) in [4.78, 5) is 19.0. The quantitative estimate of drug-likeness (QED) is 0.800. The Kier molecular flexibility index (Phi) is 5.65. The van der Waals surface area contributed by atoms with Crippen molar-refractivity contribution in [1.82, 2.24) is 15.0 Å². The van der Waals surface area contributed by atoms with Crippen molar-refractivity contribution in [3.8, 4) is 0 Å². The first-order chi connectivity index (χ1) is 12.8. The van der Waals surface area contributed by atoms with Gasteiger partial charge in [0.2, 0.25) is 5.89 Å². The highest BCUT2D eigenvalue weighted by Gasteiger charge is 2.25. The first-order valence-corrected chi connectivity index (χ1v) is 10.5. The van der Waals surface area contributed by atoms with Crippen LogP contribution in [0, 0.1) is 5.92 Å². The van der Waals surface area contributed by atoms with E-state index < -0.39 is 0 Å². The third kappa shape index (κ3) is 4.15. The van der Waals surface area contributed by atoms with Gasteiger partial charge in [-0.25, -0.2) is 0 Å². The van der Waals surface area contributed by atoms with Gasteiger partial charge < -0.3 is 14.2 Å². The second-order valence-corrected chi connectivity index (χ2v) is 8.00. The van der Waals surface area contributed by atoms with Crippen LogP contribution in [0.15, 0.2) is 21.3 Å². The van der Waals surface area contributed by atoms with E-state index >= 15 is 0 Å². The maximum atomic E-state index is 12.4. The van der Waals surface area contributed by atoms with Crippen LogP contribution in [0.25, 0.3) is 0 Å². The van der Waals surface area contributed by atoms with Crippen molar-refractivity contribution in [2.24, 2.45) is 5.92 Å². The number of hydrogen-bond donors (Lipinski definition) is 0. The number of nitrogens with zero attached hydrogens (tertiary/aromatic N) is 3. The van der Waals surface area contributed by atoms with Crippen LogP contribution in [0.2, 0.25) is 0 Å². The van der Waals surface area contributed by atoms with Crippen molar-refractivity contribution < 1.29 is 14.1 Å². The van der Waals surface area contributed by atoms with Gasteiger partial charge in [-0.3, -0.25) is 4.79 Å². The first kappa shape index (κ1) is 17.7. The van der Waals surface area contributed by atoms with Crippen molar-refractivity contribution in [3.63, 3.8) is 0 Å². The molecule has 0 bridgehead atoms. The highest BCUT2D eigenvalue weighted by molar-refractivity contribution is 7.08. The van der Waals surface area contributed by atoms with E-state index in [-0.39, 0.29) is 5.91 Å². The molecule has 0 unspecified atom stereocenters. The summed E-state index contributed by atoms with van der Waals surface area (Å²) in [6.45, 7) is 3.26. The van der Waals surface area contributed by atoms with E-state index in [0.29, 0.717) is 11.8 Å². The van der Waals surface area contributed by atoms with Gasteiger partial charge in [0.15, 0.2) is 5.82 Å². The standard InChI is InChI=1S/C19H25N3O3S/c23-19(16-7-12-26-13-16)22-8-3-14(4-9-22)1-2-17-20-18(25-21-17)15-5-10-24-11-6-15/h7,12-15H,1-6,8-11H2. The largest absolute Gasteiger partial charge is 0.381 e. The van der Waals surface area contributed by atoms with Gasteiger partial charge >= 0.3 is 0 Å². The Morgan fingerprint density at radius 2 is 2.04 bits per heavy atom. The number of hydrogen-bond acceptors (Lipinski definition) is 6. The molecule has 0 spiro atoms. The van der Waals surface area contributed by atoms with E-state index in [9.17, 15) is 4.79 Å². The molecule has 2 aliphatic rings. The number of ether oxygens (including phenoxy) is 1. The average Bonchev–Trinajstić information content (AvgIpc) is 3.39. The number of likely N-dealkylation sites (tertiary alicyclic amines) is 1. The molecular formula is C19H25N3O3S. The van der Waals surface area contributed by atoms with Crippen LogP contribution >= 0.6 is 11.3 Å². The smallest absolute Gasteiger partial charge is 0.254 e. The molecule has 6 nitrogen and oxygen atoms in total. The van der Waals surface area contributed by atoms with Crippen LogP contribution in [0.1, 0.15) is 60.1 Å². The third-order valence-electron chi connectivity index (χ3n) is 5.50. The Morgan fingerprint density at radius 1 is 1.23 bits per heavy atom. The summed E-state index contributed by atoms with van der Waals surface area (Å²) in [5.74, 6) is 2.76. The Hall–Kier alpha value is -1.73. The van der Waals surface area contributed by atoms with Gasteiger partial charge in [-0.15, -0.1) is 0 Å². The summed E-state index contributed by atoms with van der Waals surface area (Å²) >= 11 is 1.57. The second-order valence-electron chi connectivity index (χ2n) is 7.22. The third-order valence-corrected chi connectivity index (χ3v) is 6.18. The predicted octanol–water partition coefficient (Wildman–Crippen LogP) is 3.51. The van der Waals surface area contributed by atoms with E-state index in [1.54, 1.807) is 11.3 Å². The molecule has 0 aliphatic carbocycles. The highest BCUT2D eigenvalue weighted by Crippen LogP contribution is 2.27. The summed E-state index contributed by atoms with van der Waals surface area (Å²) in [6, 6.07) is 1.91. The molecule has 2 saturated heterocycles. The fraction of sp³-hybridized carbons (Fsp3) is 0.632. The summed E-state index contributed by atoms with van der Waals surface area (Å²) < 4.78 is 10.9. The van der Waals surface area contributed by atoms with Crippen LogP contribution < -0.4 is 0 Å². The molecule has 0 saturated carbocycles. The molecule has 4 rings (SSSR count). The molecule has 4 heterocycles. The lowest BCUT2D eigenvalue weighted by Crippen LogP contribution is -2.38. The molecule has 2 fully saturated rings. The van der Waals surface area contributed by atoms with Crippen LogP contribution in [0.3, 0.4) is 0 Å². The van der Waals surface area contributed by atoms with E-state index in [0.717, 1.165) is 82.1 Å². The average molecular weight is 375 g/mol. The highest BCUT2D eigenvalue weighted by atomic mass is 32.1. The van der Waals surface area contributed by atoms with Crippen molar-refractivity contribution >= 4 is 17.2 Å². The number of rotatable bonds is 5. The van der Waals surface area contributed by atoms with E-state index in [1.165, 1.54) is 0 Å². The maximum Gasteiger partial charge on any atom is 0.254 e. The molecular weight excluding hydrogens is 350 g/mol. The molecule has 26 heavy (non-hydrogen) atoms. The number of amides is 1. The van der Waals surface area contributed by atoms with Crippen molar-refractivity contribution in [1.29, 1.82) is 0 Å². The monoisotopic (exact) mass is 375 g/mol. The van der Waals surface area contributed by atoms with Gasteiger partial charge in [0.25, 0.3) is 5.91 Å². The van der Waals surface area contributed by atoms with E-state index in [2.05, 4.69) is 10.1 Å². The number of thiophene rings is 1. The lowest BCUT2D eigenvalue weighted by atomic mass is 9.92. The summed E-state index contributed by atoms with van der Waals surface area (Å²) in [5, 5.41) is 8.05. The zero-order chi connectivity index (χ0) is 17.8. The molecule has 0 N–H and O–H groups in total. The minimum absolute atomic E-state index is 0.170. The van der Waals surface area contributed by atoms with E-state index in [4.69, 9.17) is 9.26 Å². The van der Waals surface area contributed by atoms with Crippen molar-refractivity contribution in [3.05, 3.63) is 34.1 Å². The fourth-order valence-corrected chi connectivity index (χ4v) is 4.44. The SMILES string of the molecule is O=C(c1ccsc1)N1CCC(CCc2noc(C3CCOCC3)n2)CC1. The predicted molar refractivity (Wildman–Crippen MR) is 98.4 cm³/mol. The van der Waals surface area contributed by atoms with Gasteiger partial charge in [-0.2, -0.15) is 16.3 Å². The van der Waals surface area contributed by atoms with Crippen molar-refractivity contribution in [2.75, 3.05) is 26.3 Å². The minimum Gasteiger partial charge on any atom is -0.381 e. The van der Waals surface area contributed by atoms with Gasteiger partial charge in [0, 0.05) is 44.0 Å². The lowest BCUT2D eigenvalue weighted by Gasteiger charge is -2.31. The van der Waals surface area contributed by atoms with Gasteiger partial charge in [-0.1, -0.05) is 5.16 Å². The Morgan fingerprint density at radius 3 is 2.77 bits per heavy atom. The van der Waals surface area contributed by atoms with E-state index in [1.807, 2.05) is 21.7 Å². The number of aromatic nitrogens is 2. The van der Waals surface area contributed by atoms with Crippen molar-refractivity contribution in [2.45, 2.75) is 44.4 Å². The fourth-order valence-electron chi connectivity index (χ4n) is 3.81. The molecule has 0 radical (unpaired) electrons. The van der Waals surface area contributed by atoms with Crippen LogP contribution in [0.4, 0.5) is 0 Å². The zero-order valence-corrected chi connectivity index (χ0v) is 15.7. The molecule has 1 amide bonds. The van der Waals surface area contributed by atoms with Gasteiger partial charge in [-0.05, 0) is 49.5 Å². The van der Waals surface area contributed by atoms with Gasteiger partial charge in [0.1, 0.15) is 0 Å². The maximum absolute atomic E-state index is 12.4. The first-order valence-electron chi connectivity index (χ1n) is 9.51. The molecule has 0 aromatic carbocycles. The minimum atomic E-state index is 0.170. The number of aryl methyl sites for hydroxylation is 1. The van der Waals surface area contributed by atoms with Crippen LogP contribution in [0.5, 0.6) is 0 Å². The topological polar surface area (TPSA) is 68.5 Å². The lowest BCUT2D eigenvalue weighted by molar-refractivity contribution is 0.0687. The summed E-state index contributed by atoms with van der Waals surface area (Å²) in [5.41, 5.74) is 0.820. The Labute approximate surface area is 157 Å². The number of carbonyl (C=O) groups excluding carboxylic acids is 1. The Balaban J connectivity index is 1.22. The normalized spacial score (nSPS) is 19.8. The summed E-state index contributed by atoms with van der Waals surface area (Å²) in [7, 11) is 0. The van der Waals surface area contributed by atoms with Crippen LogP contribution in [-0.2, 0) is 11.2 Å². The number of carbonyl (C=O) groups is 1. The molecule has 2 aromatic heterocycles. The molecule has 2 aliphatic heterocycles.